The van der Waals surface area contributed by atoms with E-state index in [2.05, 4.69) is 4.90 Å². The van der Waals surface area contributed by atoms with Crippen LogP contribution in [0.3, 0.4) is 0 Å². The highest BCUT2D eigenvalue weighted by Crippen LogP contribution is 2.20. The van der Waals surface area contributed by atoms with Crippen molar-refractivity contribution in [2.24, 2.45) is 5.73 Å². The monoisotopic (exact) mass is 172 g/mol. The van der Waals surface area contributed by atoms with E-state index >= 15 is 0 Å². The number of rotatable bonds is 3. The highest BCUT2D eigenvalue weighted by atomic mass is 16.3. The summed E-state index contributed by atoms with van der Waals surface area (Å²) in [5.74, 6) is 0. The van der Waals surface area contributed by atoms with Crippen LogP contribution in [0.2, 0.25) is 0 Å². The Morgan fingerprint density at radius 1 is 1.42 bits per heavy atom. The average molecular weight is 172 g/mol. The van der Waals surface area contributed by atoms with Gasteiger partial charge < -0.3 is 10.8 Å². The number of likely N-dealkylation sites (N-methyl/N-ethyl adjacent to an activating group) is 1. The number of nitrogens with zero attached hydrogens (tertiary/aromatic N) is 1. The first-order valence-electron chi connectivity index (χ1n) is 4.82. The van der Waals surface area contributed by atoms with Gasteiger partial charge in [-0.3, -0.25) is 4.90 Å². The topological polar surface area (TPSA) is 49.5 Å². The summed E-state index contributed by atoms with van der Waals surface area (Å²) in [4.78, 5) is 2.18. The molecule has 0 heterocycles. The zero-order chi connectivity index (χ0) is 8.97. The molecule has 0 bridgehead atoms. The van der Waals surface area contributed by atoms with Crippen LogP contribution >= 0.6 is 0 Å². The van der Waals surface area contributed by atoms with Crippen LogP contribution in [0.4, 0.5) is 0 Å². The minimum absolute atomic E-state index is 0.236. The van der Waals surface area contributed by atoms with Crippen LogP contribution in [0.15, 0.2) is 0 Å². The van der Waals surface area contributed by atoms with Gasteiger partial charge in [0.15, 0.2) is 0 Å². The van der Waals surface area contributed by atoms with Crippen molar-refractivity contribution >= 4 is 0 Å². The molecule has 0 spiro atoms. The van der Waals surface area contributed by atoms with Gasteiger partial charge in [0, 0.05) is 18.6 Å². The summed E-state index contributed by atoms with van der Waals surface area (Å²) in [6, 6.07) is 0.807. The van der Waals surface area contributed by atoms with Gasteiger partial charge in [-0.25, -0.2) is 0 Å². The largest absolute Gasteiger partial charge is 0.395 e. The van der Waals surface area contributed by atoms with Crippen molar-refractivity contribution in [1.29, 1.82) is 0 Å². The molecule has 72 valence electrons. The lowest BCUT2D eigenvalue weighted by Gasteiger charge is -2.35. The molecule has 2 unspecified atom stereocenters. The van der Waals surface area contributed by atoms with E-state index in [-0.39, 0.29) is 6.61 Å². The minimum Gasteiger partial charge on any atom is -0.395 e. The molecule has 3 N–H and O–H groups in total. The summed E-state index contributed by atoms with van der Waals surface area (Å²) in [7, 11) is 2.05. The maximum atomic E-state index is 8.77. The van der Waals surface area contributed by atoms with Gasteiger partial charge in [0.2, 0.25) is 0 Å². The third-order valence-corrected chi connectivity index (χ3v) is 2.80. The molecule has 0 aromatic carbocycles. The van der Waals surface area contributed by atoms with E-state index in [1.807, 2.05) is 7.05 Å². The third kappa shape index (κ3) is 2.44. The van der Waals surface area contributed by atoms with Gasteiger partial charge in [0.25, 0.3) is 0 Å². The molecule has 3 nitrogen and oxygen atoms in total. The van der Waals surface area contributed by atoms with Crippen molar-refractivity contribution in [1.82, 2.24) is 4.90 Å². The highest BCUT2D eigenvalue weighted by molar-refractivity contribution is 4.84. The molecule has 1 saturated carbocycles. The lowest BCUT2D eigenvalue weighted by atomic mass is 9.90. The molecule has 12 heavy (non-hydrogen) atoms. The van der Waals surface area contributed by atoms with Gasteiger partial charge in [0.1, 0.15) is 0 Å². The van der Waals surface area contributed by atoms with Crippen LogP contribution in [0.1, 0.15) is 25.7 Å². The summed E-state index contributed by atoms with van der Waals surface area (Å²) in [5, 5.41) is 8.77. The number of nitrogens with two attached hydrogens (primary N) is 1. The van der Waals surface area contributed by atoms with E-state index in [0.717, 1.165) is 13.0 Å². The van der Waals surface area contributed by atoms with Crippen LogP contribution < -0.4 is 5.73 Å². The van der Waals surface area contributed by atoms with Crippen molar-refractivity contribution in [3.05, 3.63) is 0 Å². The Kier molecular flexibility index (Phi) is 3.98. The van der Waals surface area contributed by atoms with Crippen molar-refractivity contribution in [2.45, 2.75) is 37.8 Å². The van der Waals surface area contributed by atoms with Crippen molar-refractivity contribution in [3.63, 3.8) is 0 Å². The predicted octanol–water partition coefficient (Wildman–Crippen LogP) is 0.180. The molecule has 0 aromatic rings. The summed E-state index contributed by atoms with van der Waals surface area (Å²) in [6.45, 7) is 0.984. The lowest BCUT2D eigenvalue weighted by molar-refractivity contribution is 0.137. The number of hydrogen-bond acceptors (Lipinski definition) is 3. The summed E-state index contributed by atoms with van der Waals surface area (Å²) < 4.78 is 0. The summed E-state index contributed by atoms with van der Waals surface area (Å²) in [5.41, 5.74) is 5.99. The van der Waals surface area contributed by atoms with Crippen molar-refractivity contribution in [2.75, 3.05) is 20.2 Å². The first-order valence-corrected chi connectivity index (χ1v) is 4.82. The average Bonchev–Trinajstić information content (AvgIpc) is 2.05. The van der Waals surface area contributed by atoms with Gasteiger partial charge in [-0.05, 0) is 19.9 Å². The fourth-order valence-corrected chi connectivity index (χ4v) is 2.01. The Morgan fingerprint density at radius 2 is 2.08 bits per heavy atom. The summed E-state index contributed by atoms with van der Waals surface area (Å²) >= 11 is 0. The molecule has 0 amide bonds. The maximum absolute atomic E-state index is 8.77. The number of aliphatic hydroxyl groups is 1. The highest BCUT2D eigenvalue weighted by Gasteiger charge is 2.24. The molecular weight excluding hydrogens is 152 g/mol. The smallest absolute Gasteiger partial charge is 0.0558 e. The molecule has 1 aliphatic rings. The van der Waals surface area contributed by atoms with Crippen LogP contribution in [0, 0.1) is 0 Å². The predicted molar refractivity (Wildman–Crippen MR) is 49.9 cm³/mol. The number of aliphatic hydroxyl groups excluding tert-OH is 1. The Morgan fingerprint density at radius 3 is 2.67 bits per heavy atom. The Hall–Kier alpha value is -0.120. The molecule has 0 aliphatic heterocycles. The zero-order valence-corrected chi connectivity index (χ0v) is 7.87. The van der Waals surface area contributed by atoms with Gasteiger partial charge in [-0.2, -0.15) is 0 Å². The normalized spacial score (nSPS) is 31.0. The van der Waals surface area contributed by atoms with E-state index in [1.165, 1.54) is 19.3 Å². The molecule has 2 atom stereocenters. The fraction of sp³-hybridized carbons (Fsp3) is 1.00. The van der Waals surface area contributed by atoms with Gasteiger partial charge in [0.05, 0.1) is 6.61 Å². The lowest BCUT2D eigenvalue weighted by Crippen LogP contribution is -2.48. The molecule has 1 aliphatic carbocycles. The second-order valence-electron chi connectivity index (χ2n) is 3.72. The van der Waals surface area contributed by atoms with Gasteiger partial charge in [-0.1, -0.05) is 12.8 Å². The van der Waals surface area contributed by atoms with E-state index in [1.54, 1.807) is 0 Å². The third-order valence-electron chi connectivity index (χ3n) is 2.80. The van der Waals surface area contributed by atoms with Crippen molar-refractivity contribution < 1.29 is 5.11 Å². The van der Waals surface area contributed by atoms with Crippen LogP contribution in [0.25, 0.3) is 0 Å². The Balaban J connectivity index is 2.36. The summed E-state index contributed by atoms with van der Waals surface area (Å²) in [6.07, 6.45) is 4.89. The fourth-order valence-electron chi connectivity index (χ4n) is 2.01. The van der Waals surface area contributed by atoms with Crippen LogP contribution in [-0.2, 0) is 0 Å². The SMILES string of the molecule is CN(CCO)C1CCCCC1N. The molecule has 3 heteroatoms. The zero-order valence-electron chi connectivity index (χ0n) is 7.87. The molecule has 0 saturated heterocycles. The van der Waals surface area contributed by atoms with E-state index < -0.39 is 0 Å². The van der Waals surface area contributed by atoms with Gasteiger partial charge >= 0.3 is 0 Å². The quantitative estimate of drug-likeness (QED) is 0.638. The molecular formula is C9H20N2O. The standard InChI is InChI=1S/C9H20N2O/c1-11(6-7-12)9-5-3-2-4-8(9)10/h8-9,12H,2-7,10H2,1H3. The number of hydrogen-bond donors (Lipinski definition) is 2. The first-order chi connectivity index (χ1) is 5.75. The Bertz CT molecular complexity index is 130. The molecule has 0 radical (unpaired) electrons. The second-order valence-corrected chi connectivity index (χ2v) is 3.72. The molecule has 1 fully saturated rings. The van der Waals surface area contributed by atoms with Crippen LogP contribution in [-0.4, -0.2) is 42.3 Å². The van der Waals surface area contributed by atoms with Gasteiger partial charge in [-0.15, -0.1) is 0 Å². The molecule has 0 aromatic heterocycles. The second kappa shape index (κ2) is 4.80. The van der Waals surface area contributed by atoms with Crippen molar-refractivity contribution in [3.8, 4) is 0 Å². The minimum atomic E-state index is 0.236. The van der Waals surface area contributed by atoms with E-state index in [4.69, 9.17) is 10.8 Å². The Labute approximate surface area is 74.5 Å². The van der Waals surface area contributed by atoms with E-state index in [9.17, 15) is 0 Å². The van der Waals surface area contributed by atoms with E-state index in [0.29, 0.717) is 12.1 Å². The first kappa shape index (κ1) is 9.96. The maximum Gasteiger partial charge on any atom is 0.0558 e. The molecule has 1 rings (SSSR count). The van der Waals surface area contributed by atoms with Crippen LogP contribution in [0.5, 0.6) is 0 Å².